The molecule has 2 aromatic heterocycles. The standard InChI is InChI=1S/C14H22N4S2/c1-5-10(6-2)12-15-8-11(19-12)13-17-18-14(20-13)16-7-9(3)4/h8-10H,5-7H2,1-4H3,(H,16,18). The van der Waals surface area contributed by atoms with Gasteiger partial charge in [-0.25, -0.2) is 4.98 Å². The second kappa shape index (κ2) is 7.13. The molecule has 110 valence electrons. The van der Waals surface area contributed by atoms with E-state index in [4.69, 9.17) is 0 Å². The van der Waals surface area contributed by atoms with Crippen LogP contribution in [0.3, 0.4) is 0 Å². The van der Waals surface area contributed by atoms with Gasteiger partial charge in [-0.15, -0.1) is 21.5 Å². The maximum Gasteiger partial charge on any atom is 0.206 e. The smallest absolute Gasteiger partial charge is 0.206 e. The highest BCUT2D eigenvalue weighted by Crippen LogP contribution is 2.35. The molecule has 6 heteroatoms. The number of nitrogens with zero attached hydrogens (tertiary/aromatic N) is 3. The molecule has 2 rings (SSSR count). The predicted octanol–water partition coefficient (Wildman–Crippen LogP) is 4.63. The first-order valence-corrected chi connectivity index (χ1v) is 8.80. The molecule has 0 bridgehead atoms. The average molecular weight is 310 g/mol. The van der Waals surface area contributed by atoms with E-state index in [9.17, 15) is 0 Å². The summed E-state index contributed by atoms with van der Waals surface area (Å²) >= 11 is 3.36. The Kier molecular flexibility index (Phi) is 5.48. The van der Waals surface area contributed by atoms with Crippen LogP contribution < -0.4 is 5.32 Å². The number of anilines is 1. The molecule has 0 aliphatic heterocycles. The molecule has 0 saturated heterocycles. The second-order valence-electron chi connectivity index (χ2n) is 5.26. The van der Waals surface area contributed by atoms with Gasteiger partial charge in [0.05, 0.1) is 9.88 Å². The number of rotatable bonds is 7. The molecule has 0 atom stereocenters. The number of aromatic nitrogens is 3. The number of thiazole rings is 1. The van der Waals surface area contributed by atoms with E-state index in [0.29, 0.717) is 11.8 Å². The largest absolute Gasteiger partial charge is 0.360 e. The normalized spacial score (nSPS) is 11.5. The van der Waals surface area contributed by atoms with Crippen LogP contribution in [0, 0.1) is 5.92 Å². The van der Waals surface area contributed by atoms with Crippen molar-refractivity contribution in [2.24, 2.45) is 5.92 Å². The van der Waals surface area contributed by atoms with Crippen molar-refractivity contribution in [2.75, 3.05) is 11.9 Å². The Morgan fingerprint density at radius 3 is 2.55 bits per heavy atom. The average Bonchev–Trinajstić information content (AvgIpc) is 3.06. The van der Waals surface area contributed by atoms with Crippen molar-refractivity contribution >= 4 is 27.8 Å². The van der Waals surface area contributed by atoms with E-state index in [1.807, 2.05) is 6.20 Å². The van der Waals surface area contributed by atoms with E-state index < -0.39 is 0 Å². The third-order valence-electron chi connectivity index (χ3n) is 3.16. The zero-order valence-electron chi connectivity index (χ0n) is 12.5. The van der Waals surface area contributed by atoms with Gasteiger partial charge in [0.25, 0.3) is 0 Å². The summed E-state index contributed by atoms with van der Waals surface area (Å²) in [6, 6.07) is 0. The first-order valence-electron chi connectivity index (χ1n) is 7.17. The van der Waals surface area contributed by atoms with Gasteiger partial charge in [0.2, 0.25) is 5.13 Å². The first kappa shape index (κ1) is 15.4. The molecule has 0 fully saturated rings. The van der Waals surface area contributed by atoms with E-state index >= 15 is 0 Å². The van der Waals surface area contributed by atoms with Crippen molar-refractivity contribution in [1.29, 1.82) is 0 Å². The summed E-state index contributed by atoms with van der Waals surface area (Å²) in [6.45, 7) is 9.72. The van der Waals surface area contributed by atoms with Crippen LogP contribution in [-0.4, -0.2) is 21.7 Å². The van der Waals surface area contributed by atoms with Gasteiger partial charge in [0, 0.05) is 18.7 Å². The lowest BCUT2D eigenvalue weighted by atomic mass is 10.1. The fourth-order valence-corrected chi connectivity index (χ4v) is 3.87. The van der Waals surface area contributed by atoms with Crippen molar-refractivity contribution in [1.82, 2.24) is 15.2 Å². The van der Waals surface area contributed by atoms with Crippen molar-refractivity contribution in [3.05, 3.63) is 11.2 Å². The Balaban J connectivity index is 2.08. The summed E-state index contributed by atoms with van der Waals surface area (Å²) in [5.41, 5.74) is 0. The third-order valence-corrected chi connectivity index (χ3v) is 5.37. The summed E-state index contributed by atoms with van der Waals surface area (Å²) in [5, 5.41) is 14.9. The van der Waals surface area contributed by atoms with Crippen molar-refractivity contribution in [2.45, 2.75) is 46.5 Å². The fraction of sp³-hybridized carbons (Fsp3) is 0.643. The molecule has 0 unspecified atom stereocenters. The SMILES string of the molecule is CCC(CC)c1ncc(-c2nnc(NCC(C)C)s2)s1. The summed E-state index contributed by atoms with van der Waals surface area (Å²) in [6.07, 6.45) is 4.21. The molecule has 4 nitrogen and oxygen atoms in total. The summed E-state index contributed by atoms with van der Waals surface area (Å²) in [5.74, 6) is 1.17. The highest BCUT2D eigenvalue weighted by atomic mass is 32.1. The van der Waals surface area contributed by atoms with Crippen molar-refractivity contribution in [3.8, 4) is 9.88 Å². The lowest BCUT2D eigenvalue weighted by Crippen LogP contribution is -2.07. The van der Waals surface area contributed by atoms with Gasteiger partial charge in [-0.3, -0.25) is 0 Å². The van der Waals surface area contributed by atoms with Crippen molar-refractivity contribution < 1.29 is 0 Å². The van der Waals surface area contributed by atoms with Gasteiger partial charge in [0.1, 0.15) is 0 Å². The monoisotopic (exact) mass is 310 g/mol. The quantitative estimate of drug-likeness (QED) is 0.810. The zero-order chi connectivity index (χ0) is 14.5. The van der Waals surface area contributed by atoms with Gasteiger partial charge in [-0.1, -0.05) is 39.0 Å². The van der Waals surface area contributed by atoms with Crippen LogP contribution in [0.2, 0.25) is 0 Å². The Bertz CT molecular complexity index is 529. The predicted molar refractivity (Wildman–Crippen MR) is 87.7 cm³/mol. The lowest BCUT2D eigenvalue weighted by molar-refractivity contribution is 0.637. The number of nitrogens with one attached hydrogen (secondary N) is 1. The molecule has 0 amide bonds. The zero-order valence-corrected chi connectivity index (χ0v) is 14.1. The van der Waals surface area contributed by atoms with Crippen LogP contribution in [0.25, 0.3) is 9.88 Å². The van der Waals surface area contributed by atoms with Crippen LogP contribution in [0.5, 0.6) is 0 Å². The maximum absolute atomic E-state index is 4.56. The molecular weight excluding hydrogens is 288 g/mol. The molecule has 0 aliphatic carbocycles. The van der Waals surface area contributed by atoms with Gasteiger partial charge < -0.3 is 5.32 Å². The Labute approximate surface area is 128 Å². The summed E-state index contributed by atoms with van der Waals surface area (Å²) in [7, 11) is 0. The molecule has 0 spiro atoms. The Hall–Kier alpha value is -1.01. The van der Waals surface area contributed by atoms with Gasteiger partial charge in [-0.2, -0.15) is 0 Å². The van der Waals surface area contributed by atoms with Gasteiger partial charge >= 0.3 is 0 Å². The van der Waals surface area contributed by atoms with Crippen LogP contribution in [0.1, 0.15) is 51.5 Å². The third kappa shape index (κ3) is 3.76. The molecule has 2 aromatic rings. The van der Waals surface area contributed by atoms with Crippen LogP contribution >= 0.6 is 22.7 Å². The van der Waals surface area contributed by atoms with Gasteiger partial charge in [0.15, 0.2) is 5.01 Å². The minimum atomic E-state index is 0.570. The summed E-state index contributed by atoms with van der Waals surface area (Å²) < 4.78 is 0. The molecule has 20 heavy (non-hydrogen) atoms. The van der Waals surface area contributed by atoms with Crippen molar-refractivity contribution in [3.63, 3.8) is 0 Å². The lowest BCUT2D eigenvalue weighted by Gasteiger charge is -2.06. The molecule has 0 saturated carbocycles. The van der Waals surface area contributed by atoms with Crippen LogP contribution in [-0.2, 0) is 0 Å². The minimum Gasteiger partial charge on any atom is -0.360 e. The number of hydrogen-bond acceptors (Lipinski definition) is 6. The van der Waals surface area contributed by atoms with E-state index in [1.165, 1.54) is 5.01 Å². The van der Waals surface area contributed by atoms with E-state index in [-0.39, 0.29) is 0 Å². The van der Waals surface area contributed by atoms with Gasteiger partial charge in [-0.05, 0) is 18.8 Å². The molecular formula is C14H22N4S2. The highest BCUT2D eigenvalue weighted by molar-refractivity contribution is 7.23. The fourth-order valence-electron chi connectivity index (χ4n) is 1.90. The second-order valence-corrected chi connectivity index (χ2v) is 7.30. The number of hydrogen-bond donors (Lipinski definition) is 1. The topological polar surface area (TPSA) is 50.7 Å². The molecule has 0 aromatic carbocycles. The van der Waals surface area contributed by atoms with E-state index in [0.717, 1.165) is 34.4 Å². The maximum atomic E-state index is 4.56. The van der Waals surface area contributed by atoms with E-state index in [1.54, 1.807) is 22.7 Å². The van der Waals surface area contributed by atoms with Crippen LogP contribution in [0.15, 0.2) is 6.20 Å². The minimum absolute atomic E-state index is 0.570. The molecule has 0 aliphatic rings. The molecule has 0 radical (unpaired) electrons. The van der Waals surface area contributed by atoms with Crippen LogP contribution in [0.4, 0.5) is 5.13 Å². The molecule has 2 heterocycles. The summed E-state index contributed by atoms with van der Waals surface area (Å²) in [4.78, 5) is 5.68. The first-order chi connectivity index (χ1) is 9.63. The molecule has 1 N–H and O–H groups in total. The highest BCUT2D eigenvalue weighted by Gasteiger charge is 2.15. The van der Waals surface area contributed by atoms with E-state index in [2.05, 4.69) is 48.2 Å². The Morgan fingerprint density at radius 1 is 1.15 bits per heavy atom. The Morgan fingerprint density at radius 2 is 1.90 bits per heavy atom.